The number of benzene rings is 3. The maximum Gasteiger partial charge on any atom is 0.333 e. The summed E-state index contributed by atoms with van der Waals surface area (Å²) < 4.78 is 5.45. The van der Waals surface area contributed by atoms with E-state index < -0.39 is 0 Å². The number of azo groups is 2. The lowest BCUT2D eigenvalue weighted by atomic mass is 10.2. The van der Waals surface area contributed by atoms with Crippen LogP contribution < -0.4 is 4.90 Å². The predicted molar refractivity (Wildman–Crippen MR) is 134 cm³/mol. The Labute approximate surface area is 203 Å². The molecule has 3 aromatic rings. The van der Waals surface area contributed by atoms with Gasteiger partial charge in [0.05, 0.1) is 40.9 Å². The number of nitriles is 1. The minimum absolute atomic E-state index is 0.120. The van der Waals surface area contributed by atoms with E-state index in [9.17, 15) is 4.79 Å². The zero-order valence-corrected chi connectivity index (χ0v) is 19.3. The SMILES string of the molecule is C=C(C)C(=O)O[C@@H]1CCN(c2ccc(N=Nc3ccc(N=Nc4ccc(C#N)cc4)cc3)cc2)C1. The van der Waals surface area contributed by atoms with Gasteiger partial charge in [0.15, 0.2) is 0 Å². The molecule has 0 unspecified atom stereocenters. The van der Waals surface area contributed by atoms with Crippen molar-refractivity contribution in [2.45, 2.75) is 19.4 Å². The van der Waals surface area contributed by atoms with E-state index in [2.05, 4.69) is 38.0 Å². The number of carbonyl (C=O) groups is 1. The topological polar surface area (TPSA) is 103 Å². The fourth-order valence-corrected chi connectivity index (χ4v) is 3.46. The number of hydrogen-bond donors (Lipinski definition) is 0. The summed E-state index contributed by atoms with van der Waals surface area (Å²) in [5, 5.41) is 25.8. The van der Waals surface area contributed by atoms with Crippen LogP contribution in [0.3, 0.4) is 0 Å². The highest BCUT2D eigenvalue weighted by Crippen LogP contribution is 2.27. The molecule has 1 atom stereocenters. The fraction of sp³-hybridized carbons (Fsp3) is 0.185. The third-order valence-electron chi connectivity index (χ3n) is 5.39. The monoisotopic (exact) mass is 464 g/mol. The van der Waals surface area contributed by atoms with E-state index >= 15 is 0 Å². The summed E-state index contributed by atoms with van der Waals surface area (Å²) in [5.74, 6) is -0.338. The molecule has 0 saturated carbocycles. The van der Waals surface area contributed by atoms with Crippen LogP contribution in [0.5, 0.6) is 0 Å². The summed E-state index contributed by atoms with van der Waals surface area (Å²) in [5.41, 5.74) is 4.86. The summed E-state index contributed by atoms with van der Waals surface area (Å²) in [6.07, 6.45) is 0.675. The summed E-state index contributed by atoms with van der Waals surface area (Å²) in [6, 6.07) is 24.0. The first kappa shape index (κ1) is 23.5. The number of nitrogens with zero attached hydrogens (tertiary/aromatic N) is 6. The summed E-state index contributed by atoms with van der Waals surface area (Å²) in [4.78, 5) is 13.9. The van der Waals surface area contributed by atoms with Crippen LogP contribution in [0, 0.1) is 11.3 Å². The van der Waals surface area contributed by atoms with Crippen molar-refractivity contribution in [3.63, 3.8) is 0 Å². The normalized spacial score (nSPS) is 15.4. The van der Waals surface area contributed by atoms with Crippen molar-refractivity contribution in [3.8, 4) is 6.07 Å². The van der Waals surface area contributed by atoms with E-state index in [4.69, 9.17) is 10.00 Å². The molecule has 1 saturated heterocycles. The van der Waals surface area contributed by atoms with E-state index in [1.807, 2.05) is 48.5 Å². The number of esters is 1. The molecule has 0 radical (unpaired) electrons. The first-order chi connectivity index (χ1) is 17.0. The van der Waals surface area contributed by atoms with E-state index in [0.29, 0.717) is 34.7 Å². The first-order valence-corrected chi connectivity index (χ1v) is 11.2. The lowest BCUT2D eigenvalue weighted by Gasteiger charge is -2.18. The lowest BCUT2D eigenvalue weighted by Crippen LogP contribution is -2.24. The fourth-order valence-electron chi connectivity index (χ4n) is 3.46. The van der Waals surface area contributed by atoms with E-state index in [1.165, 1.54) is 0 Å². The molecule has 0 N–H and O–H groups in total. The zero-order chi connectivity index (χ0) is 24.6. The molecule has 1 aliphatic heterocycles. The molecule has 0 aromatic heterocycles. The van der Waals surface area contributed by atoms with Gasteiger partial charge in [0, 0.05) is 24.2 Å². The Morgan fingerprint density at radius 3 is 1.80 bits per heavy atom. The van der Waals surface area contributed by atoms with Crippen molar-refractivity contribution in [1.29, 1.82) is 5.26 Å². The maximum absolute atomic E-state index is 11.7. The molecule has 8 heteroatoms. The van der Waals surface area contributed by atoms with Crippen LogP contribution in [0.15, 0.2) is 105 Å². The van der Waals surface area contributed by atoms with Gasteiger partial charge in [0.1, 0.15) is 6.10 Å². The molecule has 1 aliphatic rings. The van der Waals surface area contributed by atoms with Crippen LogP contribution in [-0.2, 0) is 9.53 Å². The van der Waals surface area contributed by atoms with Crippen molar-refractivity contribution < 1.29 is 9.53 Å². The minimum Gasteiger partial charge on any atom is -0.457 e. The molecule has 4 rings (SSSR count). The van der Waals surface area contributed by atoms with Crippen molar-refractivity contribution in [2.75, 3.05) is 18.0 Å². The highest BCUT2D eigenvalue weighted by molar-refractivity contribution is 5.87. The Balaban J connectivity index is 1.31. The van der Waals surface area contributed by atoms with Crippen LogP contribution in [0.25, 0.3) is 0 Å². The van der Waals surface area contributed by atoms with Gasteiger partial charge in [-0.1, -0.05) is 6.58 Å². The van der Waals surface area contributed by atoms with Gasteiger partial charge in [-0.25, -0.2) is 4.79 Å². The van der Waals surface area contributed by atoms with Gasteiger partial charge in [-0.2, -0.15) is 25.7 Å². The second kappa shape index (κ2) is 11.0. The van der Waals surface area contributed by atoms with E-state index in [0.717, 1.165) is 24.3 Å². The third-order valence-corrected chi connectivity index (χ3v) is 5.39. The van der Waals surface area contributed by atoms with Crippen molar-refractivity contribution >= 4 is 34.4 Å². The molecule has 0 bridgehead atoms. The number of anilines is 1. The van der Waals surface area contributed by atoms with Gasteiger partial charge in [-0.05, 0) is 79.7 Å². The van der Waals surface area contributed by atoms with Crippen LogP contribution in [0.1, 0.15) is 18.9 Å². The molecule has 3 aromatic carbocycles. The number of hydrogen-bond acceptors (Lipinski definition) is 8. The van der Waals surface area contributed by atoms with Gasteiger partial charge >= 0.3 is 5.97 Å². The molecule has 0 spiro atoms. The van der Waals surface area contributed by atoms with Crippen molar-refractivity contribution in [1.82, 2.24) is 0 Å². The highest BCUT2D eigenvalue weighted by atomic mass is 16.5. The van der Waals surface area contributed by atoms with Gasteiger partial charge in [0.2, 0.25) is 0 Å². The molecular formula is C27H24N6O2. The van der Waals surface area contributed by atoms with Crippen LogP contribution in [-0.4, -0.2) is 25.2 Å². The molecular weight excluding hydrogens is 440 g/mol. The minimum atomic E-state index is -0.338. The quantitative estimate of drug-likeness (QED) is 0.211. The van der Waals surface area contributed by atoms with E-state index in [-0.39, 0.29) is 12.1 Å². The number of ether oxygens (including phenoxy) is 1. The molecule has 35 heavy (non-hydrogen) atoms. The molecule has 1 fully saturated rings. The van der Waals surface area contributed by atoms with Gasteiger partial charge < -0.3 is 9.64 Å². The maximum atomic E-state index is 11.7. The Hall–Kier alpha value is -4.64. The Kier molecular flexibility index (Phi) is 7.38. The molecule has 0 aliphatic carbocycles. The molecule has 1 heterocycles. The average Bonchev–Trinajstić information content (AvgIpc) is 3.36. The first-order valence-electron chi connectivity index (χ1n) is 11.2. The summed E-state index contributed by atoms with van der Waals surface area (Å²) in [6.45, 7) is 6.77. The standard InChI is InChI=1S/C27H24N6O2/c1-19(2)27(34)35-26-15-16-33(18-26)25-13-11-24(12-14-25)32-31-23-9-7-22(8-10-23)30-29-21-5-3-20(17-28)4-6-21/h3-14,26H,1,15-16,18H2,2H3/t26-/m1/s1. The summed E-state index contributed by atoms with van der Waals surface area (Å²) >= 11 is 0. The van der Waals surface area contributed by atoms with Crippen molar-refractivity contribution in [2.24, 2.45) is 20.5 Å². The highest BCUT2D eigenvalue weighted by Gasteiger charge is 2.25. The third kappa shape index (κ3) is 6.45. The van der Waals surface area contributed by atoms with Crippen LogP contribution >= 0.6 is 0 Å². The molecule has 0 amide bonds. The zero-order valence-electron chi connectivity index (χ0n) is 19.3. The van der Waals surface area contributed by atoms with E-state index in [1.54, 1.807) is 31.2 Å². The van der Waals surface area contributed by atoms with Crippen LogP contribution in [0.2, 0.25) is 0 Å². The largest absolute Gasteiger partial charge is 0.457 e. The number of carbonyl (C=O) groups excluding carboxylic acids is 1. The predicted octanol–water partition coefficient (Wildman–Crippen LogP) is 7.09. The van der Waals surface area contributed by atoms with Gasteiger partial charge in [-0.3, -0.25) is 0 Å². The van der Waals surface area contributed by atoms with Crippen LogP contribution in [0.4, 0.5) is 28.4 Å². The number of rotatable bonds is 7. The second-order valence-electron chi connectivity index (χ2n) is 8.13. The molecule has 8 nitrogen and oxygen atoms in total. The Morgan fingerprint density at radius 1 is 0.886 bits per heavy atom. The Bertz CT molecular complexity index is 1290. The molecule has 174 valence electrons. The van der Waals surface area contributed by atoms with Gasteiger partial charge in [-0.15, -0.1) is 0 Å². The summed E-state index contributed by atoms with van der Waals surface area (Å²) in [7, 11) is 0. The van der Waals surface area contributed by atoms with Crippen molar-refractivity contribution in [3.05, 3.63) is 90.5 Å². The average molecular weight is 465 g/mol. The Morgan fingerprint density at radius 2 is 1.34 bits per heavy atom. The smallest absolute Gasteiger partial charge is 0.333 e. The second-order valence-corrected chi connectivity index (χ2v) is 8.13. The lowest BCUT2D eigenvalue weighted by molar-refractivity contribution is -0.143. The van der Waals surface area contributed by atoms with Gasteiger partial charge in [0.25, 0.3) is 0 Å².